The number of benzene rings is 1. The van der Waals surface area contributed by atoms with Gasteiger partial charge < -0.3 is 10.1 Å². The molecule has 0 saturated carbocycles. The van der Waals surface area contributed by atoms with Crippen LogP contribution in [0.4, 0.5) is 0 Å². The number of aryl methyl sites for hydroxylation is 1. The standard InChI is InChI=1S/C17H29NO/c1-5-16-8-10-17(11-9-16)19-15(4)7-6-12-18-13-14(2)3/h8-11,14-15,18H,5-7,12-13H2,1-4H3. The Labute approximate surface area is 118 Å². The van der Waals surface area contributed by atoms with Crippen molar-refractivity contribution < 1.29 is 4.74 Å². The summed E-state index contributed by atoms with van der Waals surface area (Å²) in [6, 6.07) is 8.44. The van der Waals surface area contributed by atoms with Crippen molar-refractivity contribution in [2.75, 3.05) is 13.1 Å². The number of hydrogen-bond acceptors (Lipinski definition) is 2. The van der Waals surface area contributed by atoms with E-state index in [1.54, 1.807) is 0 Å². The first-order chi connectivity index (χ1) is 9.11. The molecule has 0 aliphatic rings. The molecule has 1 N–H and O–H groups in total. The van der Waals surface area contributed by atoms with Gasteiger partial charge >= 0.3 is 0 Å². The highest BCUT2D eigenvalue weighted by Crippen LogP contribution is 2.15. The quantitative estimate of drug-likeness (QED) is 0.679. The van der Waals surface area contributed by atoms with Gasteiger partial charge in [0.25, 0.3) is 0 Å². The Bertz CT molecular complexity index is 332. The molecular formula is C17H29NO. The zero-order valence-corrected chi connectivity index (χ0v) is 12.9. The maximum Gasteiger partial charge on any atom is 0.119 e. The molecule has 19 heavy (non-hydrogen) atoms. The molecule has 0 aliphatic carbocycles. The highest BCUT2D eigenvalue weighted by molar-refractivity contribution is 5.27. The van der Waals surface area contributed by atoms with Crippen molar-refractivity contribution in [3.05, 3.63) is 29.8 Å². The predicted molar refractivity (Wildman–Crippen MR) is 82.9 cm³/mol. The van der Waals surface area contributed by atoms with Gasteiger partial charge in [-0.05, 0) is 62.9 Å². The molecule has 0 radical (unpaired) electrons. The summed E-state index contributed by atoms with van der Waals surface area (Å²) < 4.78 is 5.91. The van der Waals surface area contributed by atoms with Gasteiger partial charge in [0.1, 0.15) is 5.75 Å². The Morgan fingerprint density at radius 2 is 1.79 bits per heavy atom. The van der Waals surface area contributed by atoms with Gasteiger partial charge in [0.05, 0.1) is 6.10 Å². The predicted octanol–water partition coefficient (Wildman–Crippen LogP) is 4.04. The highest BCUT2D eigenvalue weighted by Gasteiger charge is 2.04. The topological polar surface area (TPSA) is 21.3 Å². The molecule has 0 amide bonds. The molecule has 0 aliphatic heterocycles. The SMILES string of the molecule is CCc1ccc(OC(C)CCCNCC(C)C)cc1. The lowest BCUT2D eigenvalue weighted by atomic mass is 10.1. The maximum atomic E-state index is 5.91. The van der Waals surface area contributed by atoms with Crippen LogP contribution in [-0.4, -0.2) is 19.2 Å². The second kappa shape index (κ2) is 8.98. The first-order valence-electron chi connectivity index (χ1n) is 7.58. The zero-order chi connectivity index (χ0) is 14.1. The van der Waals surface area contributed by atoms with Crippen LogP contribution in [0.15, 0.2) is 24.3 Å². The Kier molecular flexibility index (Phi) is 7.57. The molecular weight excluding hydrogens is 234 g/mol. The second-order valence-electron chi connectivity index (χ2n) is 5.67. The van der Waals surface area contributed by atoms with E-state index in [9.17, 15) is 0 Å². The number of rotatable bonds is 9. The molecule has 1 rings (SSSR count). The fourth-order valence-electron chi connectivity index (χ4n) is 2.00. The summed E-state index contributed by atoms with van der Waals surface area (Å²) in [5.41, 5.74) is 1.36. The van der Waals surface area contributed by atoms with E-state index in [2.05, 4.69) is 57.3 Å². The molecule has 0 heterocycles. The smallest absolute Gasteiger partial charge is 0.119 e. The summed E-state index contributed by atoms with van der Waals surface area (Å²) in [4.78, 5) is 0. The molecule has 1 aromatic carbocycles. The molecule has 1 atom stereocenters. The Morgan fingerprint density at radius 1 is 1.11 bits per heavy atom. The third-order valence-corrected chi connectivity index (χ3v) is 3.19. The lowest BCUT2D eigenvalue weighted by Gasteiger charge is -2.15. The molecule has 2 nitrogen and oxygen atoms in total. The molecule has 0 saturated heterocycles. The van der Waals surface area contributed by atoms with Crippen molar-refractivity contribution in [1.29, 1.82) is 0 Å². The lowest BCUT2D eigenvalue weighted by molar-refractivity contribution is 0.207. The lowest BCUT2D eigenvalue weighted by Crippen LogP contribution is -2.22. The van der Waals surface area contributed by atoms with Crippen molar-refractivity contribution in [3.8, 4) is 5.75 Å². The Morgan fingerprint density at radius 3 is 2.37 bits per heavy atom. The second-order valence-corrected chi connectivity index (χ2v) is 5.67. The summed E-state index contributed by atoms with van der Waals surface area (Å²) in [5, 5.41) is 3.46. The van der Waals surface area contributed by atoms with Crippen molar-refractivity contribution in [2.24, 2.45) is 5.92 Å². The summed E-state index contributed by atoms with van der Waals surface area (Å²) >= 11 is 0. The number of nitrogens with one attached hydrogen (secondary N) is 1. The summed E-state index contributed by atoms with van der Waals surface area (Å²) in [6.45, 7) is 11.0. The maximum absolute atomic E-state index is 5.91. The summed E-state index contributed by atoms with van der Waals surface area (Å²) in [5.74, 6) is 1.71. The fraction of sp³-hybridized carbons (Fsp3) is 0.647. The monoisotopic (exact) mass is 263 g/mol. The van der Waals surface area contributed by atoms with Gasteiger partial charge in [-0.25, -0.2) is 0 Å². The third-order valence-electron chi connectivity index (χ3n) is 3.19. The molecule has 1 unspecified atom stereocenters. The zero-order valence-electron chi connectivity index (χ0n) is 12.9. The van der Waals surface area contributed by atoms with E-state index in [-0.39, 0.29) is 6.10 Å². The fourth-order valence-corrected chi connectivity index (χ4v) is 2.00. The molecule has 0 fully saturated rings. The van der Waals surface area contributed by atoms with Crippen LogP contribution in [0, 0.1) is 5.92 Å². The van der Waals surface area contributed by atoms with Crippen LogP contribution < -0.4 is 10.1 Å². The van der Waals surface area contributed by atoms with E-state index in [1.807, 2.05) is 0 Å². The van der Waals surface area contributed by atoms with Crippen LogP contribution in [0.3, 0.4) is 0 Å². The molecule has 0 aromatic heterocycles. The normalized spacial score (nSPS) is 12.7. The Hall–Kier alpha value is -1.02. The third kappa shape index (κ3) is 7.22. The van der Waals surface area contributed by atoms with Crippen molar-refractivity contribution in [3.63, 3.8) is 0 Å². The van der Waals surface area contributed by atoms with Gasteiger partial charge in [-0.3, -0.25) is 0 Å². The average molecular weight is 263 g/mol. The van der Waals surface area contributed by atoms with Gasteiger partial charge in [0.15, 0.2) is 0 Å². The van der Waals surface area contributed by atoms with E-state index < -0.39 is 0 Å². The van der Waals surface area contributed by atoms with Crippen LogP contribution in [0.25, 0.3) is 0 Å². The van der Waals surface area contributed by atoms with Crippen molar-refractivity contribution in [2.45, 2.75) is 53.1 Å². The summed E-state index contributed by atoms with van der Waals surface area (Å²) in [6.07, 6.45) is 3.63. The molecule has 1 aromatic rings. The molecule has 0 bridgehead atoms. The van der Waals surface area contributed by atoms with Crippen molar-refractivity contribution in [1.82, 2.24) is 5.32 Å². The van der Waals surface area contributed by atoms with E-state index in [0.717, 1.165) is 37.6 Å². The van der Waals surface area contributed by atoms with Gasteiger partial charge in [-0.15, -0.1) is 0 Å². The Balaban J connectivity index is 2.17. The number of hydrogen-bond donors (Lipinski definition) is 1. The van der Waals surface area contributed by atoms with Crippen LogP contribution in [0.5, 0.6) is 5.75 Å². The first-order valence-corrected chi connectivity index (χ1v) is 7.58. The average Bonchev–Trinajstić information content (AvgIpc) is 2.39. The minimum atomic E-state index is 0.285. The number of ether oxygens (including phenoxy) is 1. The van der Waals surface area contributed by atoms with Gasteiger partial charge in [0.2, 0.25) is 0 Å². The molecule has 0 spiro atoms. The van der Waals surface area contributed by atoms with Gasteiger partial charge in [-0.1, -0.05) is 32.9 Å². The van der Waals surface area contributed by atoms with E-state index in [4.69, 9.17) is 4.74 Å². The molecule has 2 heteroatoms. The van der Waals surface area contributed by atoms with Gasteiger partial charge in [-0.2, -0.15) is 0 Å². The highest BCUT2D eigenvalue weighted by atomic mass is 16.5. The minimum absolute atomic E-state index is 0.285. The van der Waals surface area contributed by atoms with Crippen molar-refractivity contribution >= 4 is 0 Å². The van der Waals surface area contributed by atoms with Crippen LogP contribution >= 0.6 is 0 Å². The van der Waals surface area contributed by atoms with Crippen LogP contribution in [-0.2, 0) is 6.42 Å². The van der Waals surface area contributed by atoms with E-state index in [0.29, 0.717) is 0 Å². The van der Waals surface area contributed by atoms with Gasteiger partial charge in [0, 0.05) is 0 Å². The summed E-state index contributed by atoms with van der Waals surface area (Å²) in [7, 11) is 0. The first kappa shape index (κ1) is 16.0. The molecule has 108 valence electrons. The van der Waals surface area contributed by atoms with Crippen LogP contribution in [0.2, 0.25) is 0 Å². The largest absolute Gasteiger partial charge is 0.491 e. The van der Waals surface area contributed by atoms with E-state index in [1.165, 1.54) is 12.0 Å². The van der Waals surface area contributed by atoms with E-state index >= 15 is 0 Å². The minimum Gasteiger partial charge on any atom is -0.491 e. The van der Waals surface area contributed by atoms with Crippen LogP contribution in [0.1, 0.15) is 46.1 Å².